The van der Waals surface area contributed by atoms with Gasteiger partial charge in [-0.1, -0.05) is 45.0 Å². The third-order valence-corrected chi connectivity index (χ3v) is 2.47. The van der Waals surface area contributed by atoms with Crippen LogP contribution in [-0.4, -0.2) is 5.91 Å². The Morgan fingerprint density at radius 1 is 1.33 bits per heavy atom. The van der Waals surface area contributed by atoms with E-state index in [9.17, 15) is 4.79 Å². The Balaban J connectivity index is 2.71. The quantitative estimate of drug-likeness (QED) is 0.804. The topological polar surface area (TPSA) is 29.1 Å². The summed E-state index contributed by atoms with van der Waals surface area (Å²) in [5, 5.41) is 2.90. The van der Waals surface area contributed by atoms with Gasteiger partial charge >= 0.3 is 0 Å². The zero-order chi connectivity index (χ0) is 11.3. The molecule has 0 saturated heterocycles. The summed E-state index contributed by atoms with van der Waals surface area (Å²) in [7, 11) is 0. The van der Waals surface area contributed by atoms with Crippen molar-refractivity contribution in [2.45, 2.75) is 39.7 Å². The molecule has 1 rings (SSSR count). The molecule has 0 atom stereocenters. The molecule has 82 valence electrons. The van der Waals surface area contributed by atoms with Gasteiger partial charge in [0.25, 0.3) is 0 Å². The van der Waals surface area contributed by atoms with Crippen LogP contribution in [0.25, 0.3) is 0 Å². The number of carbonyl (C=O) groups is 1. The maximum absolute atomic E-state index is 11.2. The van der Waals surface area contributed by atoms with Gasteiger partial charge in [-0.25, -0.2) is 0 Å². The Kier molecular flexibility index (Phi) is 4.35. The first-order valence-electron chi connectivity index (χ1n) is 5.49. The molecule has 0 saturated carbocycles. The molecule has 0 aliphatic carbocycles. The first kappa shape index (κ1) is 11.8. The van der Waals surface area contributed by atoms with Crippen molar-refractivity contribution in [3.05, 3.63) is 35.4 Å². The fraction of sp³-hybridized carbons (Fsp3) is 0.462. The number of amides is 1. The summed E-state index contributed by atoms with van der Waals surface area (Å²) in [6.45, 7) is 6.84. The van der Waals surface area contributed by atoms with Gasteiger partial charge in [-0.05, 0) is 17.0 Å². The predicted octanol–water partition coefficient (Wildman–Crippen LogP) is 2.84. The van der Waals surface area contributed by atoms with E-state index < -0.39 is 0 Å². The number of benzene rings is 1. The Hall–Kier alpha value is -1.31. The Bertz CT molecular complexity index is 331. The van der Waals surface area contributed by atoms with Gasteiger partial charge in [0.05, 0.1) is 0 Å². The normalized spacial score (nSPS) is 10.4. The third-order valence-electron chi connectivity index (χ3n) is 2.47. The molecule has 0 aliphatic heterocycles. The van der Waals surface area contributed by atoms with Gasteiger partial charge in [-0.2, -0.15) is 0 Å². The van der Waals surface area contributed by atoms with E-state index in [2.05, 4.69) is 31.3 Å². The SMILES string of the molecule is CCC(=O)NCc1ccccc1C(C)C. The summed E-state index contributed by atoms with van der Waals surface area (Å²) >= 11 is 0. The summed E-state index contributed by atoms with van der Waals surface area (Å²) < 4.78 is 0. The van der Waals surface area contributed by atoms with E-state index in [0.717, 1.165) is 0 Å². The lowest BCUT2D eigenvalue weighted by Gasteiger charge is -2.12. The maximum atomic E-state index is 11.2. The third kappa shape index (κ3) is 3.39. The highest BCUT2D eigenvalue weighted by Crippen LogP contribution is 2.18. The molecule has 0 radical (unpaired) electrons. The number of hydrogen-bond acceptors (Lipinski definition) is 1. The molecule has 1 amide bonds. The van der Waals surface area contributed by atoms with Crippen molar-refractivity contribution in [2.75, 3.05) is 0 Å². The summed E-state index contributed by atoms with van der Waals surface area (Å²) in [6, 6.07) is 8.25. The number of nitrogens with one attached hydrogen (secondary N) is 1. The average molecular weight is 205 g/mol. The molecule has 1 aromatic carbocycles. The fourth-order valence-electron chi connectivity index (χ4n) is 1.58. The molecule has 1 aromatic rings. The van der Waals surface area contributed by atoms with E-state index in [-0.39, 0.29) is 5.91 Å². The van der Waals surface area contributed by atoms with E-state index in [1.807, 2.05) is 19.1 Å². The Morgan fingerprint density at radius 2 is 2.00 bits per heavy atom. The highest BCUT2D eigenvalue weighted by molar-refractivity contribution is 5.75. The molecule has 0 fully saturated rings. The molecule has 0 unspecified atom stereocenters. The van der Waals surface area contributed by atoms with E-state index in [0.29, 0.717) is 18.9 Å². The summed E-state index contributed by atoms with van der Waals surface area (Å²) in [5.41, 5.74) is 2.53. The Morgan fingerprint density at radius 3 is 2.60 bits per heavy atom. The maximum Gasteiger partial charge on any atom is 0.219 e. The minimum Gasteiger partial charge on any atom is -0.352 e. The second-order valence-electron chi connectivity index (χ2n) is 3.98. The van der Waals surface area contributed by atoms with Crippen molar-refractivity contribution < 1.29 is 4.79 Å². The lowest BCUT2D eigenvalue weighted by molar-refractivity contribution is -0.120. The zero-order valence-corrected chi connectivity index (χ0v) is 9.71. The van der Waals surface area contributed by atoms with Crippen LogP contribution in [0.15, 0.2) is 24.3 Å². The van der Waals surface area contributed by atoms with Gasteiger partial charge in [0.15, 0.2) is 0 Å². The minimum atomic E-state index is 0.105. The predicted molar refractivity (Wildman–Crippen MR) is 62.7 cm³/mol. The van der Waals surface area contributed by atoms with Crippen LogP contribution < -0.4 is 5.32 Å². The van der Waals surface area contributed by atoms with Crippen LogP contribution >= 0.6 is 0 Å². The summed E-state index contributed by atoms with van der Waals surface area (Å²) in [6.07, 6.45) is 0.545. The van der Waals surface area contributed by atoms with Gasteiger partial charge < -0.3 is 5.32 Å². The lowest BCUT2D eigenvalue weighted by atomic mass is 9.97. The molecule has 0 heterocycles. The van der Waals surface area contributed by atoms with Gasteiger partial charge in [0.1, 0.15) is 0 Å². The first-order chi connectivity index (χ1) is 7.15. The van der Waals surface area contributed by atoms with Crippen LogP contribution in [0.5, 0.6) is 0 Å². The second kappa shape index (κ2) is 5.54. The van der Waals surface area contributed by atoms with Gasteiger partial charge in [-0.15, -0.1) is 0 Å². The molecule has 15 heavy (non-hydrogen) atoms. The molecule has 0 spiro atoms. The monoisotopic (exact) mass is 205 g/mol. The number of carbonyl (C=O) groups excluding carboxylic acids is 1. The molecule has 0 aliphatic rings. The highest BCUT2D eigenvalue weighted by Gasteiger charge is 2.06. The van der Waals surface area contributed by atoms with Crippen LogP contribution in [0, 0.1) is 0 Å². The summed E-state index contributed by atoms with van der Waals surface area (Å²) in [5.74, 6) is 0.605. The smallest absolute Gasteiger partial charge is 0.219 e. The molecule has 2 nitrogen and oxygen atoms in total. The number of hydrogen-bond donors (Lipinski definition) is 1. The largest absolute Gasteiger partial charge is 0.352 e. The second-order valence-corrected chi connectivity index (χ2v) is 3.98. The Labute approximate surface area is 91.7 Å². The number of rotatable bonds is 4. The van der Waals surface area contributed by atoms with E-state index in [1.54, 1.807) is 0 Å². The van der Waals surface area contributed by atoms with Crippen molar-refractivity contribution >= 4 is 5.91 Å². The molecular weight excluding hydrogens is 186 g/mol. The van der Waals surface area contributed by atoms with Crippen LogP contribution in [0.3, 0.4) is 0 Å². The molecule has 0 bridgehead atoms. The minimum absolute atomic E-state index is 0.105. The molecule has 1 N–H and O–H groups in total. The lowest BCUT2D eigenvalue weighted by Crippen LogP contribution is -2.22. The fourth-order valence-corrected chi connectivity index (χ4v) is 1.58. The van der Waals surface area contributed by atoms with Crippen molar-refractivity contribution in [3.63, 3.8) is 0 Å². The zero-order valence-electron chi connectivity index (χ0n) is 9.71. The van der Waals surface area contributed by atoms with Crippen LogP contribution in [0.2, 0.25) is 0 Å². The van der Waals surface area contributed by atoms with E-state index in [1.165, 1.54) is 11.1 Å². The van der Waals surface area contributed by atoms with Gasteiger partial charge in [0.2, 0.25) is 5.91 Å². The standard InChI is InChI=1S/C13H19NO/c1-4-13(15)14-9-11-7-5-6-8-12(11)10(2)3/h5-8,10H,4,9H2,1-3H3,(H,14,15). The summed E-state index contributed by atoms with van der Waals surface area (Å²) in [4.78, 5) is 11.2. The van der Waals surface area contributed by atoms with Gasteiger partial charge in [0, 0.05) is 13.0 Å². The van der Waals surface area contributed by atoms with Crippen molar-refractivity contribution in [3.8, 4) is 0 Å². The van der Waals surface area contributed by atoms with Crippen molar-refractivity contribution in [2.24, 2.45) is 0 Å². The highest BCUT2D eigenvalue weighted by atomic mass is 16.1. The molecular formula is C13H19NO. The van der Waals surface area contributed by atoms with Crippen molar-refractivity contribution in [1.82, 2.24) is 5.32 Å². The van der Waals surface area contributed by atoms with Crippen molar-refractivity contribution in [1.29, 1.82) is 0 Å². The molecule has 2 heteroatoms. The molecule has 0 aromatic heterocycles. The van der Waals surface area contributed by atoms with Crippen LogP contribution in [0.1, 0.15) is 44.2 Å². The van der Waals surface area contributed by atoms with Crippen LogP contribution in [0.4, 0.5) is 0 Å². The van der Waals surface area contributed by atoms with Crippen LogP contribution in [-0.2, 0) is 11.3 Å². The van der Waals surface area contributed by atoms with E-state index >= 15 is 0 Å². The average Bonchev–Trinajstić information content (AvgIpc) is 2.26. The van der Waals surface area contributed by atoms with Gasteiger partial charge in [-0.3, -0.25) is 4.79 Å². The first-order valence-corrected chi connectivity index (χ1v) is 5.49. The van der Waals surface area contributed by atoms with E-state index in [4.69, 9.17) is 0 Å².